The molecule has 0 aliphatic rings. The van der Waals surface area contributed by atoms with Gasteiger partial charge in [-0.15, -0.1) is 0 Å². The number of anilines is 1. The summed E-state index contributed by atoms with van der Waals surface area (Å²) in [5.74, 6) is -0.407. The van der Waals surface area contributed by atoms with Gasteiger partial charge in [0.15, 0.2) is 0 Å². The molecule has 0 saturated heterocycles. The first-order valence-electron chi connectivity index (χ1n) is 5.05. The molecule has 0 bridgehead atoms. The fraction of sp³-hybridized carbons (Fsp3) is 0. The number of amides is 1. The summed E-state index contributed by atoms with van der Waals surface area (Å²) in [5.41, 5.74) is 0.677. The normalized spacial score (nSPS) is 10.3. The lowest BCUT2D eigenvalue weighted by atomic mass is 10.2. The molecular formula is C12H6Cl4N2O. The minimum atomic E-state index is -0.407. The van der Waals surface area contributed by atoms with Crippen LogP contribution >= 0.6 is 46.4 Å². The molecule has 0 unspecified atom stereocenters. The van der Waals surface area contributed by atoms with E-state index in [1.807, 2.05) is 0 Å². The third-order valence-electron chi connectivity index (χ3n) is 2.24. The third-order valence-corrected chi connectivity index (χ3v) is 3.49. The predicted molar refractivity (Wildman–Crippen MR) is 78.7 cm³/mol. The fourth-order valence-electron chi connectivity index (χ4n) is 1.33. The van der Waals surface area contributed by atoms with Crippen LogP contribution in [0.25, 0.3) is 0 Å². The van der Waals surface area contributed by atoms with Crippen molar-refractivity contribution in [2.45, 2.75) is 0 Å². The van der Waals surface area contributed by atoms with Gasteiger partial charge in [-0.25, -0.2) is 4.98 Å². The van der Waals surface area contributed by atoms with Crippen molar-refractivity contribution in [1.82, 2.24) is 4.98 Å². The predicted octanol–water partition coefficient (Wildman–Crippen LogP) is 4.95. The average Bonchev–Trinajstić information content (AvgIpc) is 2.37. The Labute approximate surface area is 129 Å². The number of rotatable bonds is 2. The van der Waals surface area contributed by atoms with Gasteiger partial charge in [-0.05, 0) is 24.3 Å². The van der Waals surface area contributed by atoms with E-state index >= 15 is 0 Å². The minimum absolute atomic E-state index is 0.138. The highest BCUT2D eigenvalue weighted by molar-refractivity contribution is 6.41. The van der Waals surface area contributed by atoms with E-state index in [0.29, 0.717) is 15.7 Å². The first-order chi connectivity index (χ1) is 8.97. The van der Waals surface area contributed by atoms with Crippen LogP contribution in [0.5, 0.6) is 0 Å². The highest BCUT2D eigenvalue weighted by Crippen LogP contribution is 2.26. The molecule has 98 valence electrons. The summed E-state index contributed by atoms with van der Waals surface area (Å²) in [6.07, 6.45) is 1.32. The number of halogens is 4. The summed E-state index contributed by atoms with van der Waals surface area (Å²) in [5, 5.41) is 3.80. The van der Waals surface area contributed by atoms with E-state index in [9.17, 15) is 4.79 Å². The Morgan fingerprint density at radius 2 is 1.79 bits per heavy atom. The molecule has 1 amide bonds. The molecule has 2 rings (SSSR count). The highest BCUT2D eigenvalue weighted by Gasteiger charge is 2.11. The van der Waals surface area contributed by atoms with Crippen molar-refractivity contribution in [2.75, 3.05) is 5.32 Å². The Bertz CT molecular complexity index is 646. The zero-order chi connectivity index (χ0) is 14.0. The molecule has 0 fully saturated rings. The number of hydrogen-bond donors (Lipinski definition) is 1. The zero-order valence-electron chi connectivity index (χ0n) is 9.25. The molecule has 19 heavy (non-hydrogen) atoms. The second kappa shape index (κ2) is 5.97. The SMILES string of the molecule is O=C(Nc1cc(Cl)ccc1Cl)c1cnc(Cl)c(Cl)c1. The van der Waals surface area contributed by atoms with Crippen molar-refractivity contribution < 1.29 is 4.79 Å². The quantitative estimate of drug-likeness (QED) is 0.789. The lowest BCUT2D eigenvalue weighted by Crippen LogP contribution is -2.12. The number of aromatic nitrogens is 1. The first-order valence-corrected chi connectivity index (χ1v) is 6.56. The van der Waals surface area contributed by atoms with E-state index in [-0.39, 0.29) is 15.7 Å². The monoisotopic (exact) mass is 334 g/mol. The Hall–Kier alpha value is -1.000. The standard InChI is InChI=1S/C12H6Cl4N2O/c13-7-1-2-8(14)10(4-7)18-12(19)6-3-9(15)11(16)17-5-6/h1-5H,(H,18,19). The summed E-state index contributed by atoms with van der Waals surface area (Å²) < 4.78 is 0. The van der Waals surface area contributed by atoms with Gasteiger partial charge in [-0.3, -0.25) is 4.79 Å². The van der Waals surface area contributed by atoms with E-state index in [4.69, 9.17) is 46.4 Å². The highest BCUT2D eigenvalue weighted by atomic mass is 35.5. The van der Waals surface area contributed by atoms with Crippen LogP contribution in [0, 0.1) is 0 Å². The van der Waals surface area contributed by atoms with E-state index in [0.717, 1.165) is 0 Å². The molecule has 0 aliphatic heterocycles. The van der Waals surface area contributed by atoms with Gasteiger partial charge in [0, 0.05) is 11.2 Å². The van der Waals surface area contributed by atoms with Gasteiger partial charge < -0.3 is 5.32 Å². The maximum Gasteiger partial charge on any atom is 0.257 e. The molecule has 1 aromatic carbocycles. The van der Waals surface area contributed by atoms with Crippen molar-refractivity contribution in [2.24, 2.45) is 0 Å². The van der Waals surface area contributed by atoms with Crippen LogP contribution < -0.4 is 5.32 Å². The van der Waals surface area contributed by atoms with Crippen LogP contribution in [0.15, 0.2) is 30.5 Å². The summed E-state index contributed by atoms with van der Waals surface area (Å²) >= 11 is 23.3. The van der Waals surface area contributed by atoms with Gasteiger partial charge in [0.25, 0.3) is 5.91 Å². The summed E-state index contributed by atoms with van der Waals surface area (Å²) in [7, 11) is 0. The molecule has 0 aliphatic carbocycles. The molecular weight excluding hydrogens is 330 g/mol. The van der Waals surface area contributed by atoms with Gasteiger partial charge in [0.1, 0.15) is 5.15 Å². The largest absolute Gasteiger partial charge is 0.321 e. The third kappa shape index (κ3) is 3.51. The number of nitrogens with one attached hydrogen (secondary N) is 1. The fourth-order valence-corrected chi connectivity index (χ4v) is 1.94. The van der Waals surface area contributed by atoms with Crippen molar-refractivity contribution in [3.05, 3.63) is 56.2 Å². The van der Waals surface area contributed by atoms with Crippen LogP contribution in [-0.4, -0.2) is 10.9 Å². The zero-order valence-corrected chi connectivity index (χ0v) is 12.3. The molecule has 1 aromatic heterocycles. The summed E-state index contributed by atoms with van der Waals surface area (Å²) in [6.45, 7) is 0. The summed E-state index contributed by atoms with van der Waals surface area (Å²) in [6, 6.07) is 6.18. The smallest absolute Gasteiger partial charge is 0.257 e. The van der Waals surface area contributed by atoms with E-state index in [1.165, 1.54) is 12.3 Å². The lowest BCUT2D eigenvalue weighted by molar-refractivity contribution is 0.102. The molecule has 0 saturated carbocycles. The molecule has 1 N–H and O–H groups in total. The van der Waals surface area contributed by atoms with Gasteiger partial charge in [-0.2, -0.15) is 0 Å². The average molecular weight is 336 g/mol. The Balaban J connectivity index is 2.25. The van der Waals surface area contributed by atoms with Gasteiger partial charge in [0.2, 0.25) is 0 Å². The van der Waals surface area contributed by atoms with Crippen molar-refractivity contribution in [3.8, 4) is 0 Å². The summed E-state index contributed by atoms with van der Waals surface area (Å²) in [4.78, 5) is 15.8. The van der Waals surface area contributed by atoms with Crippen LogP contribution in [0.4, 0.5) is 5.69 Å². The first kappa shape index (κ1) is 14.4. The number of pyridine rings is 1. The van der Waals surface area contributed by atoms with E-state index < -0.39 is 5.91 Å². The van der Waals surface area contributed by atoms with Gasteiger partial charge in [-0.1, -0.05) is 46.4 Å². The van der Waals surface area contributed by atoms with Crippen LogP contribution in [0.2, 0.25) is 20.2 Å². The number of carbonyl (C=O) groups is 1. The Morgan fingerprint density at radius 1 is 1.05 bits per heavy atom. The van der Waals surface area contributed by atoms with Gasteiger partial charge in [0.05, 0.1) is 21.3 Å². The number of nitrogens with zero attached hydrogens (tertiary/aromatic N) is 1. The minimum Gasteiger partial charge on any atom is -0.321 e. The van der Waals surface area contributed by atoms with Crippen molar-refractivity contribution >= 4 is 58.0 Å². The van der Waals surface area contributed by atoms with E-state index in [1.54, 1.807) is 18.2 Å². The molecule has 0 spiro atoms. The van der Waals surface area contributed by atoms with Crippen LogP contribution in [0.1, 0.15) is 10.4 Å². The van der Waals surface area contributed by atoms with E-state index in [2.05, 4.69) is 10.3 Å². The molecule has 2 aromatic rings. The lowest BCUT2D eigenvalue weighted by Gasteiger charge is -2.08. The maximum absolute atomic E-state index is 12.0. The van der Waals surface area contributed by atoms with Gasteiger partial charge >= 0.3 is 0 Å². The number of hydrogen-bond acceptors (Lipinski definition) is 2. The molecule has 0 atom stereocenters. The van der Waals surface area contributed by atoms with Crippen LogP contribution in [-0.2, 0) is 0 Å². The maximum atomic E-state index is 12.0. The Morgan fingerprint density at radius 3 is 2.47 bits per heavy atom. The molecule has 0 radical (unpaired) electrons. The van der Waals surface area contributed by atoms with Crippen LogP contribution in [0.3, 0.4) is 0 Å². The van der Waals surface area contributed by atoms with Crippen molar-refractivity contribution in [1.29, 1.82) is 0 Å². The second-order valence-electron chi connectivity index (χ2n) is 3.57. The Kier molecular flexibility index (Phi) is 4.53. The molecule has 1 heterocycles. The molecule has 3 nitrogen and oxygen atoms in total. The molecule has 7 heteroatoms. The second-order valence-corrected chi connectivity index (χ2v) is 5.18. The number of carbonyl (C=O) groups excluding carboxylic acids is 1. The number of benzene rings is 1. The van der Waals surface area contributed by atoms with Crippen molar-refractivity contribution in [3.63, 3.8) is 0 Å². The topological polar surface area (TPSA) is 42.0 Å².